The van der Waals surface area contributed by atoms with Crippen LogP contribution in [0.25, 0.3) is 0 Å². The van der Waals surface area contributed by atoms with Crippen molar-refractivity contribution in [2.45, 2.75) is 25.1 Å². The van der Waals surface area contributed by atoms with Gasteiger partial charge in [0, 0.05) is 13.1 Å². The summed E-state index contributed by atoms with van der Waals surface area (Å²) in [5.74, 6) is 0.773. The monoisotopic (exact) mass is 344 g/mol. The molecule has 2 aromatic carbocycles. The minimum absolute atomic E-state index is 0.273. The Morgan fingerprint density at radius 2 is 1.84 bits per heavy atom. The Morgan fingerprint density at radius 3 is 2.52 bits per heavy atom. The van der Waals surface area contributed by atoms with Crippen molar-refractivity contribution in [1.82, 2.24) is 10.6 Å². The number of methoxy groups -OCH3 is 1. The Balaban J connectivity index is 1.89. The van der Waals surface area contributed by atoms with Crippen LogP contribution in [0.15, 0.2) is 54.6 Å². The summed E-state index contributed by atoms with van der Waals surface area (Å²) in [6.07, 6.45) is -1.57. The maximum absolute atomic E-state index is 11.0. The maximum Gasteiger partial charge on any atom is 0.404 e. The first-order chi connectivity index (χ1) is 12.1. The summed E-state index contributed by atoms with van der Waals surface area (Å²) in [6.45, 7) is 0.828. The quantitative estimate of drug-likeness (QED) is 0.559. The van der Waals surface area contributed by atoms with Gasteiger partial charge in [0.15, 0.2) is 0 Å². The topological polar surface area (TPSA) is 90.8 Å². The molecule has 0 saturated carbocycles. The number of ether oxygens (including phenoxy) is 1. The van der Waals surface area contributed by atoms with Gasteiger partial charge in [-0.25, -0.2) is 4.79 Å². The van der Waals surface area contributed by atoms with Crippen LogP contribution in [0.2, 0.25) is 0 Å². The van der Waals surface area contributed by atoms with Crippen molar-refractivity contribution in [3.05, 3.63) is 65.7 Å². The van der Waals surface area contributed by atoms with Crippen LogP contribution in [0, 0.1) is 0 Å². The Morgan fingerprint density at radius 1 is 1.12 bits per heavy atom. The lowest BCUT2D eigenvalue weighted by Gasteiger charge is -2.23. The van der Waals surface area contributed by atoms with Crippen molar-refractivity contribution in [3.63, 3.8) is 0 Å². The number of benzene rings is 2. The van der Waals surface area contributed by atoms with Gasteiger partial charge in [-0.15, -0.1) is 0 Å². The number of rotatable bonds is 9. The number of aliphatic hydroxyl groups is 1. The molecule has 134 valence electrons. The third-order valence-electron chi connectivity index (χ3n) is 3.89. The van der Waals surface area contributed by atoms with E-state index >= 15 is 0 Å². The second-order valence-electron chi connectivity index (χ2n) is 5.80. The van der Waals surface area contributed by atoms with Gasteiger partial charge in [0.2, 0.25) is 0 Å². The predicted octanol–water partition coefficient (Wildman–Crippen LogP) is 2.02. The molecule has 0 radical (unpaired) electrons. The fourth-order valence-corrected chi connectivity index (χ4v) is 2.60. The van der Waals surface area contributed by atoms with Crippen molar-refractivity contribution in [1.29, 1.82) is 0 Å². The van der Waals surface area contributed by atoms with Crippen LogP contribution >= 0.6 is 0 Å². The predicted molar refractivity (Wildman–Crippen MR) is 95.8 cm³/mol. The van der Waals surface area contributed by atoms with Crippen molar-refractivity contribution < 1.29 is 19.7 Å². The molecule has 0 aliphatic heterocycles. The molecule has 0 fully saturated rings. The van der Waals surface area contributed by atoms with E-state index in [1.165, 1.54) is 0 Å². The van der Waals surface area contributed by atoms with E-state index in [-0.39, 0.29) is 6.54 Å². The summed E-state index contributed by atoms with van der Waals surface area (Å²) in [5, 5.41) is 25.0. The second kappa shape index (κ2) is 9.66. The lowest BCUT2D eigenvalue weighted by atomic mass is 10.0. The summed E-state index contributed by atoms with van der Waals surface area (Å²) < 4.78 is 5.18. The first kappa shape index (κ1) is 18.8. The lowest BCUT2D eigenvalue weighted by molar-refractivity contribution is 0.117. The van der Waals surface area contributed by atoms with E-state index in [1.807, 2.05) is 54.6 Å². The van der Waals surface area contributed by atoms with Gasteiger partial charge in [0.25, 0.3) is 0 Å². The molecule has 0 spiro atoms. The van der Waals surface area contributed by atoms with Crippen molar-refractivity contribution >= 4 is 6.09 Å². The summed E-state index contributed by atoms with van der Waals surface area (Å²) >= 11 is 0. The third-order valence-corrected chi connectivity index (χ3v) is 3.89. The SMILES string of the molecule is COc1cccc(CNCC(O)C(Cc2ccccc2)NC(=O)O)c1. The van der Waals surface area contributed by atoms with Gasteiger partial charge in [0.05, 0.1) is 19.3 Å². The number of carbonyl (C=O) groups is 1. The van der Waals surface area contributed by atoms with Crippen LogP contribution in [-0.2, 0) is 13.0 Å². The van der Waals surface area contributed by atoms with Gasteiger partial charge < -0.3 is 25.6 Å². The third kappa shape index (κ3) is 6.45. The fraction of sp³-hybridized carbons (Fsp3) is 0.316. The smallest absolute Gasteiger partial charge is 0.404 e. The van der Waals surface area contributed by atoms with Crippen LogP contribution in [0.1, 0.15) is 11.1 Å². The van der Waals surface area contributed by atoms with E-state index in [9.17, 15) is 9.90 Å². The first-order valence-corrected chi connectivity index (χ1v) is 8.13. The molecule has 0 saturated heterocycles. The van der Waals surface area contributed by atoms with Crippen LogP contribution in [0.5, 0.6) is 5.75 Å². The molecule has 2 atom stereocenters. The number of hydrogen-bond donors (Lipinski definition) is 4. The molecule has 0 aliphatic rings. The highest BCUT2D eigenvalue weighted by Crippen LogP contribution is 2.12. The van der Waals surface area contributed by atoms with Gasteiger partial charge in [0.1, 0.15) is 5.75 Å². The molecule has 2 rings (SSSR count). The molecule has 1 amide bonds. The maximum atomic E-state index is 11.0. The minimum atomic E-state index is -1.15. The van der Waals surface area contributed by atoms with Gasteiger partial charge in [-0.2, -0.15) is 0 Å². The zero-order valence-electron chi connectivity index (χ0n) is 14.2. The molecule has 2 unspecified atom stereocenters. The molecule has 2 aromatic rings. The van der Waals surface area contributed by atoms with Crippen LogP contribution < -0.4 is 15.4 Å². The summed E-state index contributed by atoms with van der Waals surface area (Å²) in [7, 11) is 1.61. The van der Waals surface area contributed by atoms with E-state index in [0.717, 1.165) is 16.9 Å². The highest BCUT2D eigenvalue weighted by Gasteiger charge is 2.21. The number of hydrogen-bond acceptors (Lipinski definition) is 4. The van der Waals surface area contributed by atoms with Gasteiger partial charge in [-0.3, -0.25) is 0 Å². The molecule has 6 heteroatoms. The molecule has 0 aromatic heterocycles. The van der Waals surface area contributed by atoms with Crippen LogP contribution in [0.4, 0.5) is 4.79 Å². The molecular formula is C19H24N2O4. The van der Waals surface area contributed by atoms with Crippen molar-refractivity contribution in [2.75, 3.05) is 13.7 Å². The largest absolute Gasteiger partial charge is 0.497 e. The highest BCUT2D eigenvalue weighted by molar-refractivity contribution is 5.65. The number of nitrogens with one attached hydrogen (secondary N) is 2. The Kier molecular flexibility index (Phi) is 7.25. The Hall–Kier alpha value is -2.57. The summed E-state index contributed by atoms with van der Waals surface area (Å²) in [5.41, 5.74) is 1.99. The number of amides is 1. The molecule has 6 nitrogen and oxygen atoms in total. The van der Waals surface area contributed by atoms with E-state index in [0.29, 0.717) is 13.0 Å². The Labute approximate surface area is 147 Å². The van der Waals surface area contributed by atoms with Crippen molar-refractivity contribution in [3.8, 4) is 5.75 Å². The van der Waals surface area contributed by atoms with E-state index in [1.54, 1.807) is 7.11 Å². The molecule has 4 N–H and O–H groups in total. The molecular weight excluding hydrogens is 320 g/mol. The van der Waals surface area contributed by atoms with Gasteiger partial charge in [-0.05, 0) is 29.7 Å². The molecule has 0 aliphatic carbocycles. The molecule has 0 heterocycles. The van der Waals surface area contributed by atoms with Gasteiger partial charge >= 0.3 is 6.09 Å². The van der Waals surface area contributed by atoms with Crippen LogP contribution in [-0.4, -0.2) is 42.1 Å². The zero-order valence-corrected chi connectivity index (χ0v) is 14.2. The summed E-state index contributed by atoms with van der Waals surface area (Å²) in [4.78, 5) is 11.0. The normalized spacial score (nSPS) is 13.0. The highest BCUT2D eigenvalue weighted by atomic mass is 16.5. The molecule has 25 heavy (non-hydrogen) atoms. The van der Waals surface area contributed by atoms with E-state index < -0.39 is 18.2 Å². The van der Waals surface area contributed by atoms with Crippen molar-refractivity contribution in [2.24, 2.45) is 0 Å². The van der Waals surface area contributed by atoms with Gasteiger partial charge in [-0.1, -0.05) is 42.5 Å². The molecule has 0 bridgehead atoms. The number of aliphatic hydroxyl groups excluding tert-OH is 1. The van der Waals surface area contributed by atoms with E-state index in [2.05, 4.69) is 10.6 Å². The fourth-order valence-electron chi connectivity index (χ4n) is 2.60. The minimum Gasteiger partial charge on any atom is -0.497 e. The number of carboxylic acid groups (broad SMARTS) is 1. The second-order valence-corrected chi connectivity index (χ2v) is 5.80. The zero-order chi connectivity index (χ0) is 18.1. The standard InChI is InChI=1S/C19H24N2O4/c1-25-16-9-5-8-15(10-16)12-20-13-18(22)17(21-19(23)24)11-14-6-3-2-4-7-14/h2-10,17-18,20-22H,11-13H2,1H3,(H,23,24). The lowest BCUT2D eigenvalue weighted by Crippen LogP contribution is -2.48. The summed E-state index contributed by atoms with van der Waals surface area (Å²) in [6, 6.07) is 16.5. The average Bonchev–Trinajstić information content (AvgIpc) is 2.62. The first-order valence-electron chi connectivity index (χ1n) is 8.13. The Bertz CT molecular complexity index is 663. The average molecular weight is 344 g/mol. The van der Waals surface area contributed by atoms with Crippen LogP contribution in [0.3, 0.4) is 0 Å². The van der Waals surface area contributed by atoms with E-state index in [4.69, 9.17) is 9.84 Å².